The molecule has 1 aromatic carbocycles. The van der Waals surface area contributed by atoms with E-state index in [9.17, 15) is 14.0 Å². The topological polar surface area (TPSA) is 69.3 Å². The van der Waals surface area contributed by atoms with Gasteiger partial charge in [0.1, 0.15) is 5.82 Å². The fourth-order valence-corrected chi connectivity index (χ4v) is 3.66. The summed E-state index contributed by atoms with van der Waals surface area (Å²) in [5.41, 5.74) is 2.66. The first-order chi connectivity index (χ1) is 11.5. The fourth-order valence-electron chi connectivity index (χ4n) is 3.66. The molecule has 2 saturated heterocycles. The van der Waals surface area contributed by atoms with Gasteiger partial charge in [-0.15, -0.1) is 0 Å². The zero-order valence-corrected chi connectivity index (χ0v) is 13.2. The summed E-state index contributed by atoms with van der Waals surface area (Å²) in [6, 6.07) is 6.22. The lowest BCUT2D eigenvalue weighted by Gasteiger charge is -2.18. The van der Waals surface area contributed by atoms with Crippen molar-refractivity contribution in [3.63, 3.8) is 0 Å². The predicted octanol–water partition coefficient (Wildman–Crippen LogP) is 1.26. The third-order valence-corrected chi connectivity index (χ3v) is 4.94. The van der Waals surface area contributed by atoms with Gasteiger partial charge < -0.3 is 0 Å². The van der Waals surface area contributed by atoms with Crippen LogP contribution < -0.4 is 0 Å². The molecule has 0 radical (unpaired) electrons. The molecule has 6 nitrogen and oxygen atoms in total. The van der Waals surface area contributed by atoms with Crippen LogP contribution in [-0.4, -0.2) is 51.9 Å². The van der Waals surface area contributed by atoms with Gasteiger partial charge in [-0.2, -0.15) is 5.10 Å². The second-order valence-corrected chi connectivity index (χ2v) is 6.42. The Labute approximate surface area is 138 Å². The number of aromatic nitrogens is 2. The van der Waals surface area contributed by atoms with Crippen LogP contribution in [0.5, 0.6) is 0 Å². The minimum atomic E-state index is -0.284. The molecule has 2 aromatic rings. The van der Waals surface area contributed by atoms with Crippen molar-refractivity contribution in [1.29, 1.82) is 0 Å². The van der Waals surface area contributed by atoms with Crippen LogP contribution in [0.3, 0.4) is 0 Å². The van der Waals surface area contributed by atoms with E-state index in [1.165, 1.54) is 17.0 Å². The Kier molecular flexibility index (Phi) is 3.45. The SMILES string of the molecule is CN1C(=O)[C@H]2CN(Cc3cn[nH]c3-c3ccc(F)cc3)C[C@H]2C1=O. The first-order valence-corrected chi connectivity index (χ1v) is 7.86. The number of aromatic amines is 1. The molecule has 0 aliphatic carbocycles. The maximum atomic E-state index is 13.1. The molecule has 3 heterocycles. The van der Waals surface area contributed by atoms with Crippen LogP contribution in [0.2, 0.25) is 0 Å². The van der Waals surface area contributed by atoms with Gasteiger partial charge in [0.2, 0.25) is 11.8 Å². The molecule has 4 rings (SSSR count). The van der Waals surface area contributed by atoms with Crippen molar-refractivity contribution in [1.82, 2.24) is 20.0 Å². The molecule has 0 spiro atoms. The Balaban J connectivity index is 1.52. The van der Waals surface area contributed by atoms with E-state index >= 15 is 0 Å². The summed E-state index contributed by atoms with van der Waals surface area (Å²) >= 11 is 0. The molecular formula is C17H17FN4O2. The highest BCUT2D eigenvalue weighted by Crippen LogP contribution is 2.34. The van der Waals surface area contributed by atoms with E-state index in [2.05, 4.69) is 15.1 Å². The molecule has 2 aliphatic rings. The molecule has 24 heavy (non-hydrogen) atoms. The quantitative estimate of drug-likeness (QED) is 0.862. The van der Waals surface area contributed by atoms with E-state index in [4.69, 9.17) is 0 Å². The molecule has 124 valence electrons. The second kappa shape index (κ2) is 5.52. The molecule has 0 bridgehead atoms. The maximum absolute atomic E-state index is 13.1. The van der Waals surface area contributed by atoms with Crippen molar-refractivity contribution in [3.05, 3.63) is 41.8 Å². The number of likely N-dealkylation sites (tertiary alicyclic amines) is 2. The Morgan fingerprint density at radius 3 is 2.42 bits per heavy atom. The average molecular weight is 328 g/mol. The number of carbonyl (C=O) groups excluding carboxylic acids is 2. The number of halogens is 1. The number of nitrogens with zero attached hydrogens (tertiary/aromatic N) is 3. The van der Waals surface area contributed by atoms with Gasteiger partial charge >= 0.3 is 0 Å². The monoisotopic (exact) mass is 328 g/mol. The minimum absolute atomic E-state index is 0.0848. The lowest BCUT2D eigenvalue weighted by atomic mass is 10.00. The first-order valence-electron chi connectivity index (χ1n) is 7.86. The maximum Gasteiger partial charge on any atom is 0.234 e. The van der Waals surface area contributed by atoms with Crippen LogP contribution in [0, 0.1) is 17.7 Å². The number of H-pyrrole nitrogens is 1. The normalized spacial score (nSPS) is 24.0. The van der Waals surface area contributed by atoms with E-state index < -0.39 is 0 Å². The summed E-state index contributed by atoms with van der Waals surface area (Å²) in [5, 5.41) is 7.04. The first kappa shape index (κ1) is 15.0. The Bertz CT molecular complexity index is 777. The number of hydrogen-bond acceptors (Lipinski definition) is 4. The molecule has 0 unspecified atom stereocenters. The number of nitrogens with one attached hydrogen (secondary N) is 1. The predicted molar refractivity (Wildman–Crippen MR) is 84.0 cm³/mol. The van der Waals surface area contributed by atoms with Crippen LogP contribution in [0.15, 0.2) is 30.5 Å². The number of rotatable bonds is 3. The van der Waals surface area contributed by atoms with Crippen molar-refractivity contribution in [2.24, 2.45) is 11.8 Å². The number of hydrogen-bond donors (Lipinski definition) is 1. The van der Waals surface area contributed by atoms with Crippen LogP contribution in [0.4, 0.5) is 4.39 Å². The van der Waals surface area contributed by atoms with Crippen molar-refractivity contribution in [2.75, 3.05) is 20.1 Å². The Hall–Kier alpha value is -2.54. The van der Waals surface area contributed by atoms with Gasteiger partial charge in [0, 0.05) is 37.8 Å². The largest absolute Gasteiger partial charge is 0.297 e. The zero-order valence-electron chi connectivity index (χ0n) is 13.2. The summed E-state index contributed by atoms with van der Waals surface area (Å²) in [6.45, 7) is 1.75. The van der Waals surface area contributed by atoms with E-state index in [-0.39, 0.29) is 29.5 Å². The highest BCUT2D eigenvalue weighted by molar-refractivity contribution is 6.05. The molecule has 7 heteroatoms. The molecule has 1 N–H and O–H groups in total. The van der Waals surface area contributed by atoms with Gasteiger partial charge in [-0.25, -0.2) is 4.39 Å². The molecule has 1 aromatic heterocycles. The molecule has 0 saturated carbocycles. The third-order valence-electron chi connectivity index (χ3n) is 4.94. The summed E-state index contributed by atoms with van der Waals surface area (Å²) in [6.07, 6.45) is 1.74. The third kappa shape index (κ3) is 2.32. The van der Waals surface area contributed by atoms with Crippen molar-refractivity contribution in [2.45, 2.75) is 6.54 Å². The summed E-state index contributed by atoms with van der Waals surface area (Å²) in [5.74, 6) is -0.919. The smallest absolute Gasteiger partial charge is 0.234 e. The molecule has 2 amide bonds. The second-order valence-electron chi connectivity index (χ2n) is 6.42. The van der Waals surface area contributed by atoms with Crippen LogP contribution >= 0.6 is 0 Å². The fraction of sp³-hybridized carbons (Fsp3) is 0.353. The van der Waals surface area contributed by atoms with Gasteiger partial charge in [0.25, 0.3) is 0 Å². The lowest BCUT2D eigenvalue weighted by molar-refractivity contribution is -0.138. The zero-order chi connectivity index (χ0) is 16.8. The highest BCUT2D eigenvalue weighted by Gasteiger charge is 2.50. The van der Waals surface area contributed by atoms with Gasteiger partial charge in [0.05, 0.1) is 23.7 Å². The summed E-state index contributed by atoms with van der Waals surface area (Å²) in [4.78, 5) is 27.5. The van der Waals surface area contributed by atoms with Crippen LogP contribution in [0.25, 0.3) is 11.3 Å². The number of imide groups is 1. The highest BCUT2D eigenvalue weighted by atomic mass is 19.1. The molecule has 2 aliphatic heterocycles. The van der Waals surface area contributed by atoms with Gasteiger partial charge in [0.15, 0.2) is 0 Å². The van der Waals surface area contributed by atoms with Crippen LogP contribution in [0.1, 0.15) is 5.56 Å². The van der Waals surface area contributed by atoms with Gasteiger partial charge in [-0.3, -0.25) is 24.5 Å². The van der Waals surface area contributed by atoms with E-state index in [1.54, 1.807) is 25.4 Å². The van der Waals surface area contributed by atoms with Crippen molar-refractivity contribution in [3.8, 4) is 11.3 Å². The average Bonchev–Trinajstić information content (AvgIpc) is 3.25. The van der Waals surface area contributed by atoms with E-state index in [0.29, 0.717) is 19.6 Å². The summed E-state index contributed by atoms with van der Waals surface area (Å²) < 4.78 is 13.1. The molecule has 2 fully saturated rings. The van der Waals surface area contributed by atoms with Gasteiger partial charge in [-0.1, -0.05) is 0 Å². The molecular weight excluding hydrogens is 311 g/mol. The van der Waals surface area contributed by atoms with E-state index in [0.717, 1.165) is 16.8 Å². The number of amides is 2. The van der Waals surface area contributed by atoms with Crippen molar-refractivity contribution < 1.29 is 14.0 Å². The van der Waals surface area contributed by atoms with Gasteiger partial charge in [-0.05, 0) is 24.3 Å². The van der Waals surface area contributed by atoms with Crippen LogP contribution in [-0.2, 0) is 16.1 Å². The number of fused-ring (bicyclic) bond motifs is 1. The number of benzene rings is 1. The van der Waals surface area contributed by atoms with E-state index in [1.807, 2.05) is 0 Å². The lowest BCUT2D eigenvalue weighted by Crippen LogP contribution is -2.32. The Morgan fingerprint density at radius 2 is 1.79 bits per heavy atom. The molecule has 2 atom stereocenters. The van der Waals surface area contributed by atoms with Crippen molar-refractivity contribution >= 4 is 11.8 Å². The minimum Gasteiger partial charge on any atom is -0.297 e. The number of carbonyl (C=O) groups is 2. The summed E-state index contributed by atoms with van der Waals surface area (Å²) in [7, 11) is 1.55. The Morgan fingerprint density at radius 1 is 1.17 bits per heavy atom. The standard InChI is InChI=1S/C17H17FN4O2/c1-21-16(23)13-8-22(9-14(13)17(21)24)7-11-6-19-20-15(11)10-2-4-12(18)5-3-10/h2-6,13-14H,7-9H2,1H3,(H,19,20)/t13-,14+.